The molecule has 2 heterocycles. The van der Waals surface area contributed by atoms with E-state index in [-0.39, 0.29) is 5.91 Å². The minimum absolute atomic E-state index is 0.0826. The van der Waals surface area contributed by atoms with Crippen LogP contribution in [0.3, 0.4) is 0 Å². The number of piperidine rings is 1. The third-order valence-corrected chi connectivity index (χ3v) is 3.86. The van der Waals surface area contributed by atoms with Crippen LogP contribution in [0.25, 0.3) is 0 Å². The number of aryl methyl sites for hydroxylation is 1. The molecule has 2 N–H and O–H groups in total. The maximum atomic E-state index is 12.4. The zero-order valence-corrected chi connectivity index (χ0v) is 11.5. The van der Waals surface area contributed by atoms with Crippen molar-refractivity contribution in [2.45, 2.75) is 26.3 Å². The SMILES string of the molecule is CCn1cc(Cl)cc1C(=O)N1CCC(CN)CC1. The van der Waals surface area contributed by atoms with Gasteiger partial charge in [0.25, 0.3) is 5.91 Å². The van der Waals surface area contributed by atoms with Gasteiger partial charge in [-0.1, -0.05) is 11.6 Å². The van der Waals surface area contributed by atoms with E-state index in [1.54, 1.807) is 12.3 Å². The van der Waals surface area contributed by atoms with Gasteiger partial charge >= 0.3 is 0 Å². The van der Waals surface area contributed by atoms with Crippen LogP contribution in [0.2, 0.25) is 5.02 Å². The molecule has 0 unspecified atom stereocenters. The van der Waals surface area contributed by atoms with E-state index < -0.39 is 0 Å². The Bertz CT molecular complexity index is 422. The lowest BCUT2D eigenvalue weighted by Gasteiger charge is -2.31. The van der Waals surface area contributed by atoms with E-state index in [0.29, 0.717) is 16.6 Å². The number of carbonyl (C=O) groups is 1. The van der Waals surface area contributed by atoms with Gasteiger partial charge in [-0.15, -0.1) is 0 Å². The van der Waals surface area contributed by atoms with Crippen molar-refractivity contribution >= 4 is 17.5 Å². The molecule has 1 aromatic heterocycles. The van der Waals surface area contributed by atoms with Crippen molar-refractivity contribution < 1.29 is 4.79 Å². The number of nitrogens with two attached hydrogens (primary N) is 1. The number of nitrogens with zero attached hydrogens (tertiary/aromatic N) is 2. The van der Waals surface area contributed by atoms with Crippen LogP contribution in [0.15, 0.2) is 12.3 Å². The normalized spacial score (nSPS) is 17.2. The lowest BCUT2D eigenvalue weighted by Crippen LogP contribution is -2.40. The summed E-state index contributed by atoms with van der Waals surface area (Å²) in [4.78, 5) is 14.3. The molecule has 5 heteroatoms. The predicted molar refractivity (Wildman–Crippen MR) is 72.8 cm³/mol. The van der Waals surface area contributed by atoms with E-state index >= 15 is 0 Å². The van der Waals surface area contributed by atoms with Gasteiger partial charge in [0.05, 0.1) is 5.02 Å². The van der Waals surface area contributed by atoms with Gasteiger partial charge in [0, 0.05) is 25.8 Å². The van der Waals surface area contributed by atoms with Crippen molar-refractivity contribution in [2.75, 3.05) is 19.6 Å². The monoisotopic (exact) mass is 269 g/mol. The first-order chi connectivity index (χ1) is 8.65. The fourth-order valence-corrected chi connectivity index (χ4v) is 2.67. The summed E-state index contributed by atoms with van der Waals surface area (Å²) in [6.45, 7) is 5.08. The molecular formula is C13H20ClN3O. The van der Waals surface area contributed by atoms with Crippen molar-refractivity contribution in [1.29, 1.82) is 0 Å². The highest BCUT2D eigenvalue weighted by molar-refractivity contribution is 6.31. The highest BCUT2D eigenvalue weighted by Crippen LogP contribution is 2.20. The summed E-state index contributed by atoms with van der Waals surface area (Å²) in [5.41, 5.74) is 6.35. The van der Waals surface area contributed by atoms with Gasteiger partial charge in [0.1, 0.15) is 5.69 Å². The van der Waals surface area contributed by atoms with E-state index in [0.717, 1.165) is 39.0 Å². The Labute approximate surface area is 113 Å². The van der Waals surface area contributed by atoms with Crippen LogP contribution in [-0.4, -0.2) is 35.0 Å². The van der Waals surface area contributed by atoms with E-state index in [1.165, 1.54) is 0 Å². The van der Waals surface area contributed by atoms with Crippen LogP contribution in [0.4, 0.5) is 0 Å². The van der Waals surface area contributed by atoms with Gasteiger partial charge < -0.3 is 15.2 Å². The van der Waals surface area contributed by atoms with E-state index in [2.05, 4.69) is 0 Å². The molecule has 1 saturated heterocycles. The van der Waals surface area contributed by atoms with Gasteiger partial charge in [-0.25, -0.2) is 0 Å². The summed E-state index contributed by atoms with van der Waals surface area (Å²) in [5.74, 6) is 0.648. The number of hydrogen-bond acceptors (Lipinski definition) is 2. The van der Waals surface area contributed by atoms with Crippen LogP contribution in [0, 0.1) is 5.92 Å². The third kappa shape index (κ3) is 2.70. The second-order valence-corrected chi connectivity index (χ2v) is 5.24. The Morgan fingerprint density at radius 2 is 2.17 bits per heavy atom. The molecule has 0 atom stereocenters. The van der Waals surface area contributed by atoms with E-state index in [9.17, 15) is 4.79 Å². The Hall–Kier alpha value is -1.00. The molecular weight excluding hydrogens is 250 g/mol. The van der Waals surface area contributed by atoms with Crippen molar-refractivity contribution in [3.05, 3.63) is 23.0 Å². The Morgan fingerprint density at radius 1 is 1.50 bits per heavy atom. The molecule has 1 aliphatic heterocycles. The van der Waals surface area contributed by atoms with Crippen molar-refractivity contribution in [2.24, 2.45) is 11.7 Å². The first-order valence-electron chi connectivity index (χ1n) is 6.50. The number of likely N-dealkylation sites (tertiary alicyclic amines) is 1. The number of hydrogen-bond donors (Lipinski definition) is 1. The highest BCUT2D eigenvalue weighted by Gasteiger charge is 2.24. The first-order valence-corrected chi connectivity index (χ1v) is 6.88. The van der Waals surface area contributed by atoms with Gasteiger partial charge in [-0.3, -0.25) is 4.79 Å². The minimum Gasteiger partial charge on any atom is -0.342 e. The maximum Gasteiger partial charge on any atom is 0.270 e. The molecule has 1 aliphatic rings. The molecule has 0 radical (unpaired) electrons. The average Bonchev–Trinajstić information content (AvgIpc) is 2.79. The molecule has 0 saturated carbocycles. The van der Waals surface area contributed by atoms with Crippen LogP contribution in [-0.2, 0) is 6.54 Å². The summed E-state index contributed by atoms with van der Waals surface area (Å²) >= 11 is 5.96. The molecule has 2 rings (SSSR count). The second-order valence-electron chi connectivity index (χ2n) is 4.80. The van der Waals surface area contributed by atoms with Crippen LogP contribution >= 0.6 is 11.6 Å². The van der Waals surface area contributed by atoms with E-state index in [4.69, 9.17) is 17.3 Å². The number of halogens is 1. The van der Waals surface area contributed by atoms with Crippen LogP contribution in [0.5, 0.6) is 0 Å². The van der Waals surface area contributed by atoms with Gasteiger partial charge in [0.2, 0.25) is 0 Å². The zero-order valence-electron chi connectivity index (χ0n) is 10.7. The molecule has 0 aromatic carbocycles. The second kappa shape index (κ2) is 5.76. The smallest absolute Gasteiger partial charge is 0.270 e. The van der Waals surface area contributed by atoms with Crippen molar-refractivity contribution in [3.63, 3.8) is 0 Å². The Morgan fingerprint density at radius 3 is 2.72 bits per heavy atom. The van der Waals surface area contributed by atoms with Gasteiger partial charge in [0.15, 0.2) is 0 Å². The Kier molecular flexibility index (Phi) is 4.30. The zero-order chi connectivity index (χ0) is 13.1. The summed E-state index contributed by atoms with van der Waals surface area (Å²) in [6, 6.07) is 1.75. The Balaban J connectivity index is 2.07. The number of carbonyl (C=O) groups excluding carboxylic acids is 1. The van der Waals surface area contributed by atoms with Gasteiger partial charge in [-0.2, -0.15) is 0 Å². The molecule has 0 spiro atoms. The van der Waals surface area contributed by atoms with Crippen LogP contribution < -0.4 is 5.73 Å². The average molecular weight is 270 g/mol. The lowest BCUT2D eigenvalue weighted by atomic mass is 9.97. The molecule has 18 heavy (non-hydrogen) atoms. The minimum atomic E-state index is 0.0826. The summed E-state index contributed by atoms with van der Waals surface area (Å²) in [6.07, 6.45) is 3.81. The third-order valence-electron chi connectivity index (χ3n) is 3.66. The fourth-order valence-electron chi connectivity index (χ4n) is 2.45. The topological polar surface area (TPSA) is 51.3 Å². The number of aromatic nitrogens is 1. The van der Waals surface area contributed by atoms with Gasteiger partial charge in [-0.05, 0) is 38.3 Å². The highest BCUT2D eigenvalue weighted by atomic mass is 35.5. The number of rotatable bonds is 3. The molecule has 1 aromatic rings. The summed E-state index contributed by atoms with van der Waals surface area (Å²) < 4.78 is 1.90. The largest absolute Gasteiger partial charge is 0.342 e. The quantitative estimate of drug-likeness (QED) is 0.912. The molecule has 0 bridgehead atoms. The lowest BCUT2D eigenvalue weighted by molar-refractivity contribution is 0.0682. The molecule has 100 valence electrons. The maximum absolute atomic E-state index is 12.4. The molecule has 1 fully saturated rings. The molecule has 4 nitrogen and oxygen atoms in total. The van der Waals surface area contributed by atoms with E-state index in [1.807, 2.05) is 16.4 Å². The van der Waals surface area contributed by atoms with Crippen molar-refractivity contribution in [3.8, 4) is 0 Å². The first kappa shape index (κ1) is 13.4. The fraction of sp³-hybridized carbons (Fsp3) is 0.615. The van der Waals surface area contributed by atoms with Crippen molar-refractivity contribution in [1.82, 2.24) is 9.47 Å². The molecule has 0 aliphatic carbocycles. The van der Waals surface area contributed by atoms with Crippen LogP contribution in [0.1, 0.15) is 30.3 Å². The summed E-state index contributed by atoms with van der Waals surface area (Å²) in [7, 11) is 0. The molecule has 1 amide bonds. The number of amides is 1. The standard InChI is InChI=1S/C13H20ClN3O/c1-2-16-9-11(14)7-12(16)13(18)17-5-3-10(8-15)4-6-17/h7,9-10H,2-6,8,15H2,1H3. The summed E-state index contributed by atoms with van der Waals surface area (Å²) in [5, 5.41) is 0.622. The predicted octanol–water partition coefficient (Wildman–Crippen LogP) is 1.97.